The molecule has 1 amide bonds. The molecule has 15 heavy (non-hydrogen) atoms. The molecule has 3 N–H and O–H groups in total. The summed E-state index contributed by atoms with van der Waals surface area (Å²) in [5.41, 5.74) is -0.103. The third-order valence-corrected chi connectivity index (χ3v) is 3.42. The lowest BCUT2D eigenvalue weighted by Crippen LogP contribution is -2.46. The summed E-state index contributed by atoms with van der Waals surface area (Å²) in [7, 11) is 0. The smallest absolute Gasteiger partial charge is 0.237 e. The molecule has 0 bridgehead atoms. The molecule has 4 heteroatoms. The molecular weight excluding hydrogens is 192 g/mol. The number of carbonyl (C=O) groups excluding carboxylic acids is 1. The molecule has 84 valence electrons. The number of aliphatic hydroxyl groups is 1. The number of hydrogen-bond donors (Lipinski definition) is 3. The van der Waals surface area contributed by atoms with Crippen LogP contribution in [0.3, 0.4) is 0 Å². The van der Waals surface area contributed by atoms with Crippen molar-refractivity contribution >= 4 is 5.91 Å². The van der Waals surface area contributed by atoms with Crippen LogP contribution in [0.1, 0.15) is 19.8 Å². The van der Waals surface area contributed by atoms with E-state index in [9.17, 15) is 9.90 Å². The van der Waals surface area contributed by atoms with Crippen LogP contribution in [-0.2, 0) is 4.79 Å². The SMILES string of the molecule is C=C[C@@H]1C[C@@]1(C)NC(=O)[C@@H]1C[C@@H](O)CN1. The largest absolute Gasteiger partial charge is 0.392 e. The number of hydrogen-bond acceptors (Lipinski definition) is 3. The summed E-state index contributed by atoms with van der Waals surface area (Å²) < 4.78 is 0. The van der Waals surface area contributed by atoms with Gasteiger partial charge in [0, 0.05) is 18.0 Å². The first kappa shape index (κ1) is 10.6. The van der Waals surface area contributed by atoms with Crippen molar-refractivity contribution in [1.82, 2.24) is 10.6 Å². The number of nitrogens with one attached hydrogen (secondary N) is 2. The van der Waals surface area contributed by atoms with Crippen LogP contribution in [-0.4, -0.2) is 35.2 Å². The molecular formula is C11H18N2O2. The van der Waals surface area contributed by atoms with Gasteiger partial charge in [-0.25, -0.2) is 0 Å². The summed E-state index contributed by atoms with van der Waals surface area (Å²) >= 11 is 0. The van der Waals surface area contributed by atoms with Crippen molar-refractivity contribution in [2.45, 2.75) is 37.5 Å². The maximum Gasteiger partial charge on any atom is 0.237 e. The van der Waals surface area contributed by atoms with E-state index in [1.807, 2.05) is 13.0 Å². The van der Waals surface area contributed by atoms with Crippen molar-refractivity contribution in [3.8, 4) is 0 Å². The summed E-state index contributed by atoms with van der Waals surface area (Å²) in [4.78, 5) is 11.8. The Morgan fingerprint density at radius 3 is 2.93 bits per heavy atom. The second-order valence-corrected chi connectivity index (χ2v) is 4.80. The summed E-state index contributed by atoms with van der Waals surface area (Å²) in [5.74, 6) is 0.395. The number of carbonyl (C=O) groups is 1. The highest BCUT2D eigenvalue weighted by Gasteiger charge is 2.50. The van der Waals surface area contributed by atoms with E-state index >= 15 is 0 Å². The Balaban J connectivity index is 1.85. The molecule has 1 saturated carbocycles. The van der Waals surface area contributed by atoms with E-state index in [-0.39, 0.29) is 23.6 Å². The molecule has 2 aliphatic rings. The molecule has 4 nitrogen and oxygen atoms in total. The van der Waals surface area contributed by atoms with Crippen molar-refractivity contribution in [1.29, 1.82) is 0 Å². The van der Waals surface area contributed by atoms with Crippen molar-refractivity contribution in [2.24, 2.45) is 5.92 Å². The van der Waals surface area contributed by atoms with Gasteiger partial charge >= 0.3 is 0 Å². The molecule has 0 radical (unpaired) electrons. The minimum atomic E-state index is -0.386. The van der Waals surface area contributed by atoms with Gasteiger partial charge in [-0.05, 0) is 19.8 Å². The zero-order chi connectivity index (χ0) is 11.1. The van der Waals surface area contributed by atoms with Crippen molar-refractivity contribution in [3.05, 3.63) is 12.7 Å². The highest BCUT2D eigenvalue weighted by atomic mass is 16.3. The van der Waals surface area contributed by atoms with Gasteiger partial charge in [-0.2, -0.15) is 0 Å². The van der Waals surface area contributed by atoms with Crippen molar-refractivity contribution in [3.63, 3.8) is 0 Å². The van der Waals surface area contributed by atoms with E-state index in [0.29, 0.717) is 18.9 Å². The van der Waals surface area contributed by atoms with Gasteiger partial charge in [0.1, 0.15) is 0 Å². The molecule has 4 atom stereocenters. The molecule has 1 aliphatic heterocycles. The quantitative estimate of drug-likeness (QED) is 0.565. The van der Waals surface area contributed by atoms with Crippen LogP contribution in [0.15, 0.2) is 12.7 Å². The van der Waals surface area contributed by atoms with Crippen LogP contribution in [0.5, 0.6) is 0 Å². The van der Waals surface area contributed by atoms with Crippen LogP contribution in [0.2, 0.25) is 0 Å². The van der Waals surface area contributed by atoms with Gasteiger partial charge in [0.15, 0.2) is 0 Å². The summed E-state index contributed by atoms with van der Waals surface area (Å²) in [6.07, 6.45) is 2.98. The van der Waals surface area contributed by atoms with Crippen LogP contribution in [0.4, 0.5) is 0 Å². The fourth-order valence-corrected chi connectivity index (χ4v) is 2.17. The fourth-order valence-electron chi connectivity index (χ4n) is 2.17. The lowest BCUT2D eigenvalue weighted by atomic mass is 10.1. The normalized spacial score (nSPS) is 43.7. The van der Waals surface area contributed by atoms with Crippen LogP contribution < -0.4 is 10.6 Å². The van der Waals surface area contributed by atoms with E-state index in [4.69, 9.17) is 0 Å². The average molecular weight is 210 g/mol. The lowest BCUT2D eigenvalue weighted by molar-refractivity contribution is -0.123. The minimum Gasteiger partial charge on any atom is -0.392 e. The topological polar surface area (TPSA) is 61.4 Å². The Hall–Kier alpha value is -0.870. The van der Waals surface area contributed by atoms with E-state index < -0.39 is 0 Å². The Morgan fingerprint density at radius 2 is 2.47 bits per heavy atom. The molecule has 2 fully saturated rings. The molecule has 2 rings (SSSR count). The van der Waals surface area contributed by atoms with Crippen molar-refractivity contribution < 1.29 is 9.90 Å². The molecule has 0 aromatic heterocycles. The van der Waals surface area contributed by atoms with Gasteiger partial charge in [0.25, 0.3) is 0 Å². The number of β-amino-alcohol motifs (C(OH)–C–C–N with tert-alkyl or cyclic N) is 1. The number of aliphatic hydroxyl groups excluding tert-OH is 1. The second kappa shape index (κ2) is 3.61. The monoisotopic (exact) mass is 210 g/mol. The molecule has 1 saturated heterocycles. The predicted octanol–water partition coefficient (Wildman–Crippen LogP) is -0.210. The van der Waals surface area contributed by atoms with Gasteiger partial charge in [-0.1, -0.05) is 6.08 Å². The zero-order valence-corrected chi connectivity index (χ0v) is 8.99. The zero-order valence-electron chi connectivity index (χ0n) is 8.99. The molecule has 0 aromatic rings. The fraction of sp³-hybridized carbons (Fsp3) is 0.727. The Bertz CT molecular complexity index is 292. The maximum absolute atomic E-state index is 11.8. The summed E-state index contributed by atoms with van der Waals surface area (Å²) in [5, 5.41) is 15.3. The Labute approximate surface area is 89.7 Å². The standard InChI is InChI=1S/C11H18N2O2/c1-3-7-5-11(7,2)13-10(15)9-4-8(14)6-12-9/h3,7-9,12,14H,1,4-6H2,2H3,(H,13,15)/t7-,8-,9+,11-/m1/s1. The van der Waals surface area contributed by atoms with Crippen molar-refractivity contribution in [2.75, 3.05) is 6.54 Å². The molecule has 1 aliphatic carbocycles. The second-order valence-electron chi connectivity index (χ2n) is 4.80. The summed E-state index contributed by atoms with van der Waals surface area (Å²) in [6, 6.07) is -0.233. The van der Waals surface area contributed by atoms with Gasteiger partial charge in [0.05, 0.1) is 12.1 Å². The van der Waals surface area contributed by atoms with E-state index in [2.05, 4.69) is 17.2 Å². The van der Waals surface area contributed by atoms with Crippen LogP contribution in [0.25, 0.3) is 0 Å². The average Bonchev–Trinajstić information content (AvgIpc) is 2.62. The first-order valence-corrected chi connectivity index (χ1v) is 5.41. The number of amides is 1. The Morgan fingerprint density at radius 1 is 1.73 bits per heavy atom. The highest BCUT2D eigenvalue weighted by molar-refractivity contribution is 5.83. The third kappa shape index (κ3) is 2.06. The van der Waals surface area contributed by atoms with Crippen LogP contribution in [0, 0.1) is 5.92 Å². The first-order chi connectivity index (χ1) is 7.05. The first-order valence-electron chi connectivity index (χ1n) is 5.41. The van der Waals surface area contributed by atoms with Gasteiger partial charge in [-0.15, -0.1) is 6.58 Å². The lowest BCUT2D eigenvalue weighted by Gasteiger charge is -2.16. The van der Waals surface area contributed by atoms with Gasteiger partial charge < -0.3 is 15.7 Å². The third-order valence-electron chi connectivity index (χ3n) is 3.42. The van der Waals surface area contributed by atoms with E-state index in [1.54, 1.807) is 0 Å². The minimum absolute atomic E-state index is 0.00148. The van der Waals surface area contributed by atoms with E-state index in [1.165, 1.54) is 0 Å². The summed E-state index contributed by atoms with van der Waals surface area (Å²) in [6.45, 7) is 6.27. The Kier molecular flexibility index (Phi) is 2.56. The molecule has 1 heterocycles. The van der Waals surface area contributed by atoms with E-state index in [0.717, 1.165) is 6.42 Å². The van der Waals surface area contributed by atoms with Crippen LogP contribution >= 0.6 is 0 Å². The number of rotatable bonds is 3. The highest BCUT2D eigenvalue weighted by Crippen LogP contribution is 2.43. The molecule has 0 aromatic carbocycles. The van der Waals surface area contributed by atoms with Gasteiger partial charge in [-0.3, -0.25) is 4.79 Å². The predicted molar refractivity (Wildman–Crippen MR) is 57.3 cm³/mol. The maximum atomic E-state index is 11.8. The molecule has 0 spiro atoms. The van der Waals surface area contributed by atoms with Gasteiger partial charge in [0.2, 0.25) is 5.91 Å². The molecule has 0 unspecified atom stereocenters.